The molecule has 1 aliphatic rings. The predicted molar refractivity (Wildman–Crippen MR) is 133 cm³/mol. The summed E-state index contributed by atoms with van der Waals surface area (Å²) in [5.41, 5.74) is 4.54. The molecule has 1 amide bonds. The highest BCUT2D eigenvalue weighted by molar-refractivity contribution is 5.77. The van der Waals surface area contributed by atoms with Crippen molar-refractivity contribution in [2.75, 3.05) is 26.2 Å². The third kappa shape index (κ3) is 4.95. The Hall–Kier alpha value is -3.70. The lowest BCUT2D eigenvalue weighted by Crippen LogP contribution is -2.49. The van der Waals surface area contributed by atoms with Crippen molar-refractivity contribution in [1.29, 1.82) is 0 Å². The van der Waals surface area contributed by atoms with Crippen LogP contribution < -0.4 is 0 Å². The van der Waals surface area contributed by atoms with Gasteiger partial charge in [-0.15, -0.1) is 0 Å². The highest BCUT2D eigenvalue weighted by Crippen LogP contribution is 2.30. The molecule has 5 rings (SSSR count). The van der Waals surface area contributed by atoms with Crippen molar-refractivity contribution >= 4 is 5.91 Å². The summed E-state index contributed by atoms with van der Waals surface area (Å²) in [6, 6.07) is 31.4. The van der Waals surface area contributed by atoms with Crippen molar-refractivity contribution in [3.05, 3.63) is 114 Å². The van der Waals surface area contributed by atoms with Crippen LogP contribution in [0.2, 0.25) is 0 Å². The molecule has 5 nitrogen and oxygen atoms in total. The number of hydrogen-bond acceptors (Lipinski definition) is 4. The third-order valence-corrected chi connectivity index (χ3v) is 6.55. The number of amides is 1. The number of nitrogens with zero attached hydrogens (tertiary/aromatic N) is 3. The summed E-state index contributed by atoms with van der Waals surface area (Å²) in [4.78, 5) is 17.5. The minimum atomic E-state index is 0.191. The average molecular weight is 452 g/mol. The Bertz CT molecular complexity index is 1140. The van der Waals surface area contributed by atoms with Crippen molar-refractivity contribution in [2.24, 2.45) is 0 Å². The first-order valence-corrected chi connectivity index (χ1v) is 11.9. The van der Waals surface area contributed by atoms with Gasteiger partial charge in [-0.1, -0.05) is 96.2 Å². The fourth-order valence-corrected chi connectivity index (χ4v) is 4.78. The normalized spacial score (nSPS) is 14.4. The predicted octanol–water partition coefficient (Wildman–Crippen LogP) is 5.21. The van der Waals surface area contributed by atoms with Crippen LogP contribution >= 0.6 is 0 Å². The molecule has 0 atom stereocenters. The first-order chi connectivity index (χ1) is 16.8. The summed E-state index contributed by atoms with van der Waals surface area (Å²) < 4.78 is 5.47. The molecule has 1 saturated heterocycles. The Kier molecular flexibility index (Phi) is 6.82. The number of carbonyl (C=O) groups is 1. The van der Waals surface area contributed by atoms with Gasteiger partial charge in [0.25, 0.3) is 0 Å². The Morgan fingerprint density at radius 2 is 1.35 bits per heavy atom. The quantitative estimate of drug-likeness (QED) is 0.387. The zero-order valence-electron chi connectivity index (χ0n) is 19.2. The van der Waals surface area contributed by atoms with Crippen molar-refractivity contribution in [1.82, 2.24) is 15.0 Å². The molecule has 0 aliphatic carbocycles. The van der Waals surface area contributed by atoms with Crippen LogP contribution in [-0.2, 0) is 11.2 Å². The van der Waals surface area contributed by atoms with Crippen molar-refractivity contribution < 1.29 is 9.32 Å². The summed E-state index contributed by atoms with van der Waals surface area (Å²) in [6.45, 7) is 3.18. The maximum Gasteiger partial charge on any atom is 0.222 e. The molecule has 0 radical (unpaired) electrons. The molecule has 3 aromatic carbocycles. The lowest BCUT2D eigenvalue weighted by atomic mass is 9.96. The molecule has 5 heteroatoms. The number of aromatic nitrogens is 1. The minimum Gasteiger partial charge on any atom is -0.356 e. The standard InChI is InChI=1S/C29H29N3O2/c33-27(17-16-26-22-30-34-29(26)25-14-8-3-9-15-25)31-18-20-32(21-19-31)28(23-10-4-1-5-11-23)24-12-6-2-7-13-24/h1-15,22,28H,16-21H2. The summed E-state index contributed by atoms with van der Waals surface area (Å²) >= 11 is 0. The van der Waals surface area contributed by atoms with E-state index >= 15 is 0 Å². The average Bonchev–Trinajstić information content (AvgIpc) is 3.38. The van der Waals surface area contributed by atoms with Gasteiger partial charge < -0.3 is 9.42 Å². The second-order valence-electron chi connectivity index (χ2n) is 8.69. The van der Waals surface area contributed by atoms with E-state index in [4.69, 9.17) is 4.52 Å². The Balaban J connectivity index is 1.21. The Morgan fingerprint density at radius 1 is 0.794 bits per heavy atom. The molecular formula is C29H29N3O2. The maximum atomic E-state index is 13.0. The van der Waals surface area contributed by atoms with Crippen LogP contribution in [0.5, 0.6) is 0 Å². The van der Waals surface area contributed by atoms with Crippen LogP contribution in [0, 0.1) is 0 Å². The largest absolute Gasteiger partial charge is 0.356 e. The number of carbonyl (C=O) groups excluding carboxylic acids is 1. The van der Waals surface area contributed by atoms with Crippen LogP contribution in [0.4, 0.5) is 0 Å². The first-order valence-electron chi connectivity index (χ1n) is 11.9. The molecule has 34 heavy (non-hydrogen) atoms. The fourth-order valence-electron chi connectivity index (χ4n) is 4.78. The second-order valence-corrected chi connectivity index (χ2v) is 8.69. The molecule has 2 heterocycles. The lowest BCUT2D eigenvalue weighted by Gasteiger charge is -2.40. The molecule has 0 saturated carbocycles. The third-order valence-electron chi connectivity index (χ3n) is 6.55. The van der Waals surface area contributed by atoms with Gasteiger partial charge in [0.15, 0.2) is 5.76 Å². The molecule has 1 fully saturated rings. The zero-order chi connectivity index (χ0) is 23.2. The summed E-state index contributed by atoms with van der Waals surface area (Å²) in [7, 11) is 0. The van der Waals surface area contributed by atoms with Gasteiger partial charge in [-0.3, -0.25) is 9.69 Å². The monoisotopic (exact) mass is 451 g/mol. The van der Waals surface area contributed by atoms with E-state index in [2.05, 4.69) is 70.7 Å². The van der Waals surface area contributed by atoms with Crippen LogP contribution in [0.1, 0.15) is 29.2 Å². The number of rotatable bonds is 7. The van der Waals surface area contributed by atoms with E-state index in [0.29, 0.717) is 12.8 Å². The van der Waals surface area contributed by atoms with E-state index in [1.165, 1.54) is 11.1 Å². The van der Waals surface area contributed by atoms with E-state index in [1.807, 2.05) is 35.2 Å². The van der Waals surface area contributed by atoms with E-state index in [1.54, 1.807) is 6.20 Å². The topological polar surface area (TPSA) is 49.6 Å². The van der Waals surface area contributed by atoms with E-state index in [9.17, 15) is 4.79 Å². The van der Waals surface area contributed by atoms with Crippen molar-refractivity contribution in [3.8, 4) is 11.3 Å². The molecule has 0 bridgehead atoms. The smallest absolute Gasteiger partial charge is 0.222 e. The molecule has 1 aromatic heterocycles. The molecule has 0 N–H and O–H groups in total. The Labute approximate surface area is 200 Å². The van der Waals surface area contributed by atoms with E-state index in [-0.39, 0.29) is 11.9 Å². The number of hydrogen-bond donors (Lipinski definition) is 0. The van der Waals surface area contributed by atoms with Crippen molar-refractivity contribution in [3.63, 3.8) is 0 Å². The zero-order valence-corrected chi connectivity index (χ0v) is 19.2. The maximum absolute atomic E-state index is 13.0. The lowest BCUT2D eigenvalue weighted by molar-refractivity contribution is -0.133. The summed E-state index contributed by atoms with van der Waals surface area (Å²) in [5.74, 6) is 0.947. The molecule has 0 spiro atoms. The van der Waals surface area contributed by atoms with Crippen LogP contribution in [0.25, 0.3) is 11.3 Å². The van der Waals surface area contributed by atoms with Crippen LogP contribution in [0.3, 0.4) is 0 Å². The second kappa shape index (κ2) is 10.5. The van der Waals surface area contributed by atoms with Gasteiger partial charge in [-0.05, 0) is 17.5 Å². The SMILES string of the molecule is O=C(CCc1cnoc1-c1ccccc1)N1CCN(C(c2ccccc2)c2ccccc2)CC1. The first kappa shape index (κ1) is 22.1. The molecular weight excluding hydrogens is 422 g/mol. The van der Waals surface area contributed by atoms with Crippen molar-refractivity contribution in [2.45, 2.75) is 18.9 Å². The van der Waals surface area contributed by atoms with Gasteiger partial charge in [0, 0.05) is 43.7 Å². The van der Waals surface area contributed by atoms with Gasteiger partial charge in [-0.25, -0.2) is 0 Å². The number of piperazine rings is 1. The molecule has 172 valence electrons. The molecule has 0 unspecified atom stereocenters. The van der Waals surface area contributed by atoms with E-state index < -0.39 is 0 Å². The molecule has 4 aromatic rings. The Morgan fingerprint density at radius 3 is 1.94 bits per heavy atom. The van der Waals surface area contributed by atoms with Gasteiger partial charge >= 0.3 is 0 Å². The highest BCUT2D eigenvalue weighted by atomic mass is 16.5. The van der Waals surface area contributed by atoms with Crippen LogP contribution in [-0.4, -0.2) is 47.0 Å². The van der Waals surface area contributed by atoms with Gasteiger partial charge in [-0.2, -0.15) is 0 Å². The summed E-state index contributed by atoms with van der Waals surface area (Å²) in [6.07, 6.45) is 2.82. The number of benzene rings is 3. The minimum absolute atomic E-state index is 0.191. The fraction of sp³-hybridized carbons (Fsp3) is 0.241. The van der Waals surface area contributed by atoms with E-state index in [0.717, 1.165) is 43.1 Å². The summed E-state index contributed by atoms with van der Waals surface area (Å²) in [5, 5.41) is 3.97. The van der Waals surface area contributed by atoms with Gasteiger partial charge in [0.1, 0.15) is 0 Å². The van der Waals surface area contributed by atoms with Gasteiger partial charge in [0.05, 0.1) is 12.2 Å². The highest BCUT2D eigenvalue weighted by Gasteiger charge is 2.28. The number of aryl methyl sites for hydroxylation is 1. The van der Waals surface area contributed by atoms with Crippen LogP contribution in [0.15, 0.2) is 102 Å². The molecule has 1 aliphatic heterocycles. The van der Waals surface area contributed by atoms with Gasteiger partial charge in [0.2, 0.25) is 5.91 Å².